The van der Waals surface area contributed by atoms with Crippen molar-refractivity contribution in [2.24, 2.45) is 0 Å². The van der Waals surface area contributed by atoms with Gasteiger partial charge in [-0.2, -0.15) is 13.2 Å². The Kier molecular flexibility index (Phi) is 4.65. The molecule has 0 saturated heterocycles. The summed E-state index contributed by atoms with van der Waals surface area (Å²) in [6, 6.07) is 3.24. The molecule has 0 unspecified atom stereocenters. The van der Waals surface area contributed by atoms with Gasteiger partial charge in [-0.3, -0.25) is 0 Å². The number of hydrogen-bond donors (Lipinski definition) is 2. The van der Waals surface area contributed by atoms with E-state index in [1.807, 2.05) is 0 Å². The van der Waals surface area contributed by atoms with Gasteiger partial charge in [-0.15, -0.1) is 0 Å². The number of carbonyl (C=O) groups is 1. The van der Waals surface area contributed by atoms with Gasteiger partial charge >= 0.3 is 12.1 Å². The minimum absolute atomic E-state index is 0.0782. The molecule has 2 N–H and O–H groups in total. The van der Waals surface area contributed by atoms with Crippen LogP contribution in [0.5, 0.6) is 5.75 Å². The normalized spacial score (nSPS) is 12.3. The molecule has 7 heteroatoms. The van der Waals surface area contributed by atoms with E-state index in [-0.39, 0.29) is 23.5 Å². The Morgan fingerprint density at radius 1 is 1.30 bits per heavy atom. The second-order valence-electron chi connectivity index (χ2n) is 5.03. The summed E-state index contributed by atoms with van der Waals surface area (Å²) < 4.78 is 41.9. The molecule has 0 radical (unpaired) electrons. The molecule has 0 heterocycles. The van der Waals surface area contributed by atoms with Crippen LogP contribution in [0.2, 0.25) is 0 Å². The molecule has 112 valence electrons. The van der Waals surface area contributed by atoms with Gasteiger partial charge in [-0.1, -0.05) is 6.07 Å². The summed E-state index contributed by atoms with van der Waals surface area (Å²) in [6.07, 6.45) is -5.62. The minimum atomic E-state index is -4.41. The Balaban J connectivity index is 2.99. The first-order valence-corrected chi connectivity index (χ1v) is 5.76. The lowest BCUT2D eigenvalue weighted by atomic mass is 10.1. The third-order valence-corrected chi connectivity index (χ3v) is 2.26. The molecule has 0 aliphatic rings. The minimum Gasteiger partial charge on any atom is -0.490 e. The Morgan fingerprint density at radius 2 is 1.90 bits per heavy atom. The molecule has 0 aromatic heterocycles. The van der Waals surface area contributed by atoms with E-state index in [1.54, 1.807) is 0 Å². The molecule has 1 aromatic carbocycles. The molecule has 0 aliphatic carbocycles. The number of halogens is 3. The largest absolute Gasteiger partial charge is 0.490 e. The van der Waals surface area contributed by atoms with E-state index in [2.05, 4.69) is 0 Å². The molecule has 0 fully saturated rings. The van der Waals surface area contributed by atoms with E-state index < -0.39 is 24.2 Å². The molecule has 1 rings (SSSR count). The standard InChI is InChI=1S/C13H15F3O4/c1-12(2,19)7-20-10-4-3-8(6-13(14,15)16)5-9(10)11(17)18/h3-5,19H,6-7H2,1-2H3,(H,17,18). The molecule has 4 nitrogen and oxygen atoms in total. The summed E-state index contributed by atoms with van der Waals surface area (Å²) in [5.74, 6) is -1.47. The number of aromatic carboxylic acids is 1. The smallest absolute Gasteiger partial charge is 0.393 e. The Labute approximate surface area is 113 Å². The molecule has 0 saturated carbocycles. The summed E-state index contributed by atoms with van der Waals surface area (Å²) in [5, 5.41) is 18.5. The van der Waals surface area contributed by atoms with Crippen LogP contribution in [-0.2, 0) is 6.42 Å². The average molecular weight is 292 g/mol. The lowest BCUT2D eigenvalue weighted by molar-refractivity contribution is -0.127. The highest BCUT2D eigenvalue weighted by Gasteiger charge is 2.28. The lowest BCUT2D eigenvalue weighted by Gasteiger charge is -2.19. The molecule has 0 aliphatic heterocycles. The van der Waals surface area contributed by atoms with Crippen LogP contribution >= 0.6 is 0 Å². The predicted molar refractivity (Wildman–Crippen MR) is 65.0 cm³/mol. The molecule has 1 aromatic rings. The zero-order valence-electron chi connectivity index (χ0n) is 11.0. The van der Waals surface area contributed by atoms with Gasteiger partial charge in [0.15, 0.2) is 0 Å². The van der Waals surface area contributed by atoms with Crippen LogP contribution < -0.4 is 4.74 Å². The molecule has 0 atom stereocenters. The molecule has 20 heavy (non-hydrogen) atoms. The number of benzene rings is 1. The fourth-order valence-corrected chi connectivity index (χ4v) is 1.47. The second kappa shape index (κ2) is 5.70. The van der Waals surface area contributed by atoms with E-state index in [9.17, 15) is 23.1 Å². The van der Waals surface area contributed by atoms with E-state index in [1.165, 1.54) is 13.8 Å². The first kappa shape index (κ1) is 16.3. The monoisotopic (exact) mass is 292 g/mol. The zero-order valence-corrected chi connectivity index (χ0v) is 11.0. The van der Waals surface area contributed by atoms with Gasteiger partial charge in [-0.05, 0) is 31.5 Å². The van der Waals surface area contributed by atoms with Crippen molar-refractivity contribution in [1.82, 2.24) is 0 Å². The number of ether oxygens (including phenoxy) is 1. The Bertz CT molecular complexity index is 489. The number of carboxylic acids is 1. The van der Waals surface area contributed by atoms with Gasteiger partial charge in [-0.25, -0.2) is 4.79 Å². The van der Waals surface area contributed by atoms with E-state index in [0.29, 0.717) is 0 Å². The van der Waals surface area contributed by atoms with Crippen molar-refractivity contribution < 1.29 is 32.9 Å². The van der Waals surface area contributed by atoms with Gasteiger partial charge in [0.1, 0.15) is 17.9 Å². The summed E-state index contributed by atoms with van der Waals surface area (Å²) in [4.78, 5) is 11.0. The third kappa shape index (κ3) is 5.48. The summed E-state index contributed by atoms with van der Waals surface area (Å²) in [6.45, 7) is 2.75. The van der Waals surface area contributed by atoms with Gasteiger partial charge in [0.25, 0.3) is 0 Å². The number of hydrogen-bond acceptors (Lipinski definition) is 3. The molecule has 0 bridgehead atoms. The van der Waals surface area contributed by atoms with Crippen LogP contribution in [0.3, 0.4) is 0 Å². The van der Waals surface area contributed by atoms with Gasteiger partial charge in [0, 0.05) is 0 Å². The van der Waals surface area contributed by atoms with Crippen molar-refractivity contribution in [3.05, 3.63) is 29.3 Å². The van der Waals surface area contributed by atoms with Crippen LogP contribution in [-0.4, -0.2) is 34.6 Å². The van der Waals surface area contributed by atoms with E-state index >= 15 is 0 Å². The molecule has 0 amide bonds. The van der Waals surface area contributed by atoms with Crippen molar-refractivity contribution in [3.8, 4) is 5.75 Å². The van der Waals surface area contributed by atoms with Crippen LogP contribution in [0.1, 0.15) is 29.8 Å². The van der Waals surface area contributed by atoms with Crippen molar-refractivity contribution in [2.75, 3.05) is 6.61 Å². The highest BCUT2D eigenvalue weighted by atomic mass is 19.4. The topological polar surface area (TPSA) is 66.8 Å². The van der Waals surface area contributed by atoms with Crippen molar-refractivity contribution in [1.29, 1.82) is 0 Å². The number of carboxylic acid groups (broad SMARTS) is 1. The first-order valence-electron chi connectivity index (χ1n) is 5.76. The fraction of sp³-hybridized carbons (Fsp3) is 0.462. The molecular formula is C13H15F3O4. The number of rotatable bonds is 5. The van der Waals surface area contributed by atoms with Crippen LogP contribution in [0, 0.1) is 0 Å². The fourth-order valence-electron chi connectivity index (χ4n) is 1.47. The summed E-state index contributed by atoms with van der Waals surface area (Å²) in [5.41, 5.74) is -1.71. The SMILES string of the molecule is CC(C)(O)COc1ccc(CC(F)(F)F)cc1C(=O)O. The highest BCUT2D eigenvalue weighted by Crippen LogP contribution is 2.26. The Morgan fingerprint density at radius 3 is 2.35 bits per heavy atom. The molecular weight excluding hydrogens is 277 g/mol. The Hall–Kier alpha value is -1.76. The second-order valence-corrected chi connectivity index (χ2v) is 5.03. The average Bonchev–Trinajstić information content (AvgIpc) is 2.23. The van der Waals surface area contributed by atoms with Gasteiger partial charge in [0.2, 0.25) is 0 Å². The van der Waals surface area contributed by atoms with E-state index in [0.717, 1.165) is 18.2 Å². The maximum Gasteiger partial charge on any atom is 0.393 e. The maximum absolute atomic E-state index is 12.3. The first-order chi connectivity index (χ1) is 8.98. The maximum atomic E-state index is 12.3. The summed E-state index contributed by atoms with van der Waals surface area (Å²) >= 11 is 0. The van der Waals surface area contributed by atoms with Crippen molar-refractivity contribution in [3.63, 3.8) is 0 Å². The highest BCUT2D eigenvalue weighted by molar-refractivity contribution is 5.91. The third-order valence-electron chi connectivity index (χ3n) is 2.26. The van der Waals surface area contributed by atoms with Crippen LogP contribution in [0.25, 0.3) is 0 Å². The van der Waals surface area contributed by atoms with E-state index in [4.69, 9.17) is 9.84 Å². The zero-order chi connectivity index (χ0) is 15.6. The number of aliphatic hydroxyl groups is 1. The predicted octanol–water partition coefficient (Wildman–Crippen LogP) is 2.64. The van der Waals surface area contributed by atoms with Crippen LogP contribution in [0.4, 0.5) is 13.2 Å². The van der Waals surface area contributed by atoms with Crippen LogP contribution in [0.15, 0.2) is 18.2 Å². The summed E-state index contributed by atoms with van der Waals surface area (Å²) in [7, 11) is 0. The van der Waals surface area contributed by atoms with Crippen molar-refractivity contribution >= 4 is 5.97 Å². The lowest BCUT2D eigenvalue weighted by Crippen LogP contribution is -2.28. The quantitative estimate of drug-likeness (QED) is 0.875. The van der Waals surface area contributed by atoms with Gasteiger partial charge < -0.3 is 14.9 Å². The molecule has 0 spiro atoms. The van der Waals surface area contributed by atoms with Crippen molar-refractivity contribution in [2.45, 2.75) is 32.0 Å². The number of alkyl halides is 3. The van der Waals surface area contributed by atoms with Gasteiger partial charge in [0.05, 0.1) is 12.0 Å².